The molecule has 1 aliphatic rings. The molecule has 0 unspecified atom stereocenters. The molecule has 7 heteroatoms. The summed E-state index contributed by atoms with van der Waals surface area (Å²) in [5.74, 6) is 0. The third kappa shape index (κ3) is 5.22. The molecule has 1 saturated heterocycles. The number of piperazine rings is 1. The molecule has 32 heavy (non-hydrogen) atoms. The number of aryl methyl sites for hydroxylation is 1. The summed E-state index contributed by atoms with van der Waals surface area (Å²) in [7, 11) is 0. The van der Waals surface area contributed by atoms with Gasteiger partial charge in [0.15, 0.2) is 0 Å². The molecule has 0 bridgehead atoms. The Hall–Kier alpha value is -1.82. The van der Waals surface area contributed by atoms with Gasteiger partial charge in [-0.3, -0.25) is 9.88 Å². The topological polar surface area (TPSA) is 39.6 Å². The first-order chi connectivity index (χ1) is 15.2. The molecule has 1 aromatic heterocycles. The van der Waals surface area contributed by atoms with E-state index in [-0.39, 0.29) is 6.04 Å². The van der Waals surface area contributed by atoms with E-state index >= 15 is 0 Å². The van der Waals surface area contributed by atoms with Crippen molar-refractivity contribution >= 4 is 40.5 Å². The largest absolute Gasteiger partial charge is 0.384 e. The number of anilines is 1. The first-order valence-electron chi connectivity index (χ1n) is 10.6. The van der Waals surface area contributed by atoms with Crippen LogP contribution in [0.4, 0.5) is 5.69 Å². The number of β-amino-alcohol motifs (C(OH)–C–C–N with tert-alkyl or cyclic N) is 1. The number of aromatic nitrogens is 1. The Morgan fingerprint density at radius 1 is 1.00 bits per heavy atom. The quantitative estimate of drug-likeness (QED) is 0.467. The molecule has 0 aliphatic carbocycles. The molecule has 2 heterocycles. The first kappa shape index (κ1) is 23.3. The summed E-state index contributed by atoms with van der Waals surface area (Å²) >= 11 is 18.8. The van der Waals surface area contributed by atoms with Gasteiger partial charge in [-0.25, -0.2) is 0 Å². The number of pyridine rings is 1. The van der Waals surface area contributed by atoms with Gasteiger partial charge in [-0.15, -0.1) is 0 Å². The van der Waals surface area contributed by atoms with Crippen molar-refractivity contribution in [3.8, 4) is 0 Å². The van der Waals surface area contributed by atoms with Crippen LogP contribution in [0.3, 0.4) is 0 Å². The molecular weight excluding hydrogens is 465 g/mol. The standard InChI is InChI=1S/C25H26Cl3N3O/c1-17-3-6-19(14-29-17)25(2,32)16-30-11-12-31(23-10-9-21(27)13-22(23)28)24(15-30)18-4-7-20(26)8-5-18/h3-10,13-14,24,32H,11-12,15-16H2,1-2H3/t24-,25+/m0/s1. The number of aliphatic hydroxyl groups is 1. The first-order valence-corrected chi connectivity index (χ1v) is 11.7. The lowest BCUT2D eigenvalue weighted by Crippen LogP contribution is -2.52. The third-order valence-corrected chi connectivity index (χ3v) is 6.79. The molecule has 2 atom stereocenters. The Morgan fingerprint density at radius 2 is 1.72 bits per heavy atom. The Labute approximate surface area is 204 Å². The van der Waals surface area contributed by atoms with Crippen molar-refractivity contribution < 1.29 is 5.11 Å². The third-order valence-electron chi connectivity index (χ3n) is 6.00. The number of rotatable bonds is 5. The van der Waals surface area contributed by atoms with Crippen molar-refractivity contribution in [3.05, 3.63) is 92.7 Å². The van der Waals surface area contributed by atoms with Gasteiger partial charge in [-0.1, -0.05) is 53.0 Å². The summed E-state index contributed by atoms with van der Waals surface area (Å²) in [6, 6.07) is 17.5. The van der Waals surface area contributed by atoms with Crippen molar-refractivity contribution in [2.45, 2.75) is 25.5 Å². The van der Waals surface area contributed by atoms with Crippen LogP contribution >= 0.6 is 34.8 Å². The summed E-state index contributed by atoms with van der Waals surface area (Å²) in [5.41, 5.74) is 2.83. The number of halogens is 3. The van der Waals surface area contributed by atoms with E-state index in [1.165, 1.54) is 0 Å². The van der Waals surface area contributed by atoms with Crippen LogP contribution < -0.4 is 4.90 Å². The zero-order valence-electron chi connectivity index (χ0n) is 18.1. The van der Waals surface area contributed by atoms with E-state index in [2.05, 4.69) is 26.9 Å². The van der Waals surface area contributed by atoms with Gasteiger partial charge < -0.3 is 10.0 Å². The van der Waals surface area contributed by atoms with E-state index in [0.717, 1.165) is 42.1 Å². The summed E-state index contributed by atoms with van der Waals surface area (Å²) in [6.45, 7) is 6.57. The van der Waals surface area contributed by atoms with Gasteiger partial charge in [-0.05, 0) is 55.8 Å². The SMILES string of the molecule is Cc1ccc([C@](C)(O)CN2CCN(c3ccc(Cl)cc3Cl)[C@H](c3ccc(Cl)cc3)C2)cn1. The molecule has 0 amide bonds. The number of hydrogen-bond acceptors (Lipinski definition) is 4. The highest BCUT2D eigenvalue weighted by atomic mass is 35.5. The zero-order chi connectivity index (χ0) is 22.9. The lowest BCUT2D eigenvalue weighted by molar-refractivity contribution is 0.0100. The van der Waals surface area contributed by atoms with Crippen molar-refractivity contribution in [1.29, 1.82) is 0 Å². The maximum Gasteiger partial charge on any atom is 0.101 e. The Balaban J connectivity index is 1.61. The summed E-state index contributed by atoms with van der Waals surface area (Å²) in [6.07, 6.45) is 1.76. The van der Waals surface area contributed by atoms with E-state index < -0.39 is 5.60 Å². The molecule has 2 aromatic carbocycles. The molecule has 0 saturated carbocycles. The van der Waals surface area contributed by atoms with Crippen LogP contribution in [-0.2, 0) is 5.60 Å². The van der Waals surface area contributed by atoms with Crippen LogP contribution in [0.1, 0.15) is 29.8 Å². The minimum atomic E-state index is -1.01. The highest BCUT2D eigenvalue weighted by Gasteiger charge is 2.34. The van der Waals surface area contributed by atoms with Gasteiger partial charge >= 0.3 is 0 Å². The van der Waals surface area contributed by atoms with Gasteiger partial charge in [0.2, 0.25) is 0 Å². The maximum atomic E-state index is 11.2. The molecule has 1 aliphatic heterocycles. The number of hydrogen-bond donors (Lipinski definition) is 1. The fraction of sp³-hybridized carbons (Fsp3) is 0.320. The Morgan fingerprint density at radius 3 is 2.38 bits per heavy atom. The maximum absolute atomic E-state index is 11.2. The van der Waals surface area contributed by atoms with Crippen LogP contribution in [0, 0.1) is 6.92 Å². The second kappa shape index (κ2) is 9.58. The molecule has 0 radical (unpaired) electrons. The van der Waals surface area contributed by atoms with Crippen molar-refractivity contribution in [3.63, 3.8) is 0 Å². The lowest BCUT2D eigenvalue weighted by Gasteiger charge is -2.45. The van der Waals surface area contributed by atoms with Crippen LogP contribution in [0.25, 0.3) is 0 Å². The predicted octanol–water partition coefficient (Wildman–Crippen LogP) is 6.12. The van der Waals surface area contributed by atoms with Gasteiger partial charge in [0.1, 0.15) is 5.60 Å². The number of benzene rings is 2. The summed E-state index contributed by atoms with van der Waals surface area (Å²) in [4.78, 5) is 8.95. The van der Waals surface area contributed by atoms with E-state index in [4.69, 9.17) is 34.8 Å². The van der Waals surface area contributed by atoms with Crippen LogP contribution in [0.5, 0.6) is 0 Å². The number of nitrogens with zero attached hydrogens (tertiary/aromatic N) is 3. The van der Waals surface area contributed by atoms with E-state index in [1.807, 2.05) is 50.2 Å². The highest BCUT2D eigenvalue weighted by molar-refractivity contribution is 6.36. The van der Waals surface area contributed by atoms with Gasteiger partial charge in [0.25, 0.3) is 0 Å². The second-order valence-corrected chi connectivity index (χ2v) is 9.83. The molecule has 4 rings (SSSR count). The molecule has 1 N–H and O–H groups in total. The van der Waals surface area contributed by atoms with E-state index in [9.17, 15) is 5.11 Å². The highest BCUT2D eigenvalue weighted by Crippen LogP contribution is 2.37. The molecule has 0 spiro atoms. The normalized spacial score (nSPS) is 19.1. The van der Waals surface area contributed by atoms with Gasteiger partial charge in [0.05, 0.1) is 16.8 Å². The zero-order valence-corrected chi connectivity index (χ0v) is 20.4. The van der Waals surface area contributed by atoms with Crippen molar-refractivity contribution in [2.24, 2.45) is 0 Å². The predicted molar refractivity (Wildman–Crippen MR) is 133 cm³/mol. The van der Waals surface area contributed by atoms with Crippen molar-refractivity contribution in [2.75, 3.05) is 31.1 Å². The Kier molecular flexibility index (Phi) is 6.99. The fourth-order valence-electron chi connectivity index (χ4n) is 4.27. The van der Waals surface area contributed by atoms with Crippen LogP contribution in [0.15, 0.2) is 60.8 Å². The van der Waals surface area contributed by atoms with Crippen LogP contribution in [-0.4, -0.2) is 41.2 Å². The summed E-state index contributed by atoms with van der Waals surface area (Å²) in [5, 5.41) is 13.2. The average molecular weight is 491 g/mol. The summed E-state index contributed by atoms with van der Waals surface area (Å²) < 4.78 is 0. The molecule has 4 nitrogen and oxygen atoms in total. The minimum Gasteiger partial charge on any atom is -0.384 e. The van der Waals surface area contributed by atoms with E-state index in [0.29, 0.717) is 21.6 Å². The van der Waals surface area contributed by atoms with Crippen LogP contribution in [0.2, 0.25) is 15.1 Å². The molecular formula is C25H26Cl3N3O. The van der Waals surface area contributed by atoms with Gasteiger partial charge in [0, 0.05) is 53.7 Å². The fourth-order valence-corrected chi connectivity index (χ4v) is 4.91. The lowest BCUT2D eigenvalue weighted by atomic mass is 9.95. The minimum absolute atomic E-state index is 0.0478. The Bertz CT molecular complexity index is 1070. The average Bonchev–Trinajstić information content (AvgIpc) is 2.75. The molecule has 1 fully saturated rings. The van der Waals surface area contributed by atoms with Gasteiger partial charge in [-0.2, -0.15) is 0 Å². The molecule has 168 valence electrons. The monoisotopic (exact) mass is 489 g/mol. The molecule has 3 aromatic rings. The smallest absolute Gasteiger partial charge is 0.101 e. The second-order valence-electron chi connectivity index (χ2n) is 8.55. The van der Waals surface area contributed by atoms with Crippen molar-refractivity contribution in [1.82, 2.24) is 9.88 Å². The van der Waals surface area contributed by atoms with E-state index in [1.54, 1.807) is 12.3 Å².